The number of hydrogen-bond acceptors (Lipinski definition) is 4. The third-order valence-corrected chi connectivity index (χ3v) is 7.43. The number of hydrogen-bond donors (Lipinski definition) is 0. The van der Waals surface area contributed by atoms with Gasteiger partial charge < -0.3 is 18.2 Å². The smallest absolute Gasteiger partial charge is 0.377 e. The molecule has 0 aromatic carbocycles. The van der Waals surface area contributed by atoms with Crippen LogP contribution in [0.4, 0.5) is 0 Å². The van der Waals surface area contributed by atoms with Crippen LogP contribution in [-0.2, 0) is 13.3 Å². The first-order valence-electron chi connectivity index (χ1n) is 9.48. The summed E-state index contributed by atoms with van der Waals surface area (Å²) in [6.45, 7) is 4.55. The van der Waals surface area contributed by atoms with Gasteiger partial charge in [0.05, 0.1) is 0 Å². The standard InChI is InChI=1S/C18H41NO3Si.ClH/c1-6-7-8-9-10-11-12-13-14-16-19(2)17-15-18-23(20-3,21-4)22-5;/h6-18H2,1-5H3;1H. The van der Waals surface area contributed by atoms with Crippen LogP contribution < -0.4 is 0 Å². The van der Waals surface area contributed by atoms with Crippen LogP contribution in [-0.4, -0.2) is 55.2 Å². The normalized spacial score (nSPS) is 11.8. The van der Waals surface area contributed by atoms with Gasteiger partial charge in [-0.2, -0.15) is 0 Å². The van der Waals surface area contributed by atoms with Crippen molar-refractivity contribution >= 4 is 21.2 Å². The maximum atomic E-state index is 5.45. The Morgan fingerprint density at radius 2 is 1.08 bits per heavy atom. The maximum Gasteiger partial charge on any atom is 0.500 e. The van der Waals surface area contributed by atoms with Crippen molar-refractivity contribution in [1.29, 1.82) is 0 Å². The Morgan fingerprint density at radius 1 is 0.667 bits per heavy atom. The summed E-state index contributed by atoms with van der Waals surface area (Å²) in [5.41, 5.74) is 0. The minimum atomic E-state index is -2.37. The van der Waals surface area contributed by atoms with Crippen molar-refractivity contribution in [2.24, 2.45) is 0 Å². The van der Waals surface area contributed by atoms with E-state index in [0.29, 0.717) is 0 Å². The lowest BCUT2D eigenvalue weighted by Crippen LogP contribution is -2.43. The molecule has 0 amide bonds. The number of rotatable bonds is 17. The molecule has 0 radical (unpaired) electrons. The molecule has 0 heterocycles. The molecule has 0 fully saturated rings. The van der Waals surface area contributed by atoms with E-state index in [9.17, 15) is 0 Å². The SMILES string of the molecule is CCCCCCCCCCCN(C)CCC[Si](OC)(OC)OC.Cl. The van der Waals surface area contributed by atoms with Crippen molar-refractivity contribution in [3.05, 3.63) is 0 Å². The highest BCUT2D eigenvalue weighted by Crippen LogP contribution is 2.15. The first kappa shape index (κ1) is 26.6. The fraction of sp³-hybridized carbons (Fsp3) is 1.00. The number of nitrogens with zero attached hydrogens (tertiary/aromatic N) is 1. The average Bonchev–Trinajstić information content (AvgIpc) is 2.58. The molecule has 6 heteroatoms. The molecule has 148 valence electrons. The molecule has 0 saturated heterocycles. The maximum absolute atomic E-state index is 5.45. The van der Waals surface area contributed by atoms with Crippen LogP contribution in [0.3, 0.4) is 0 Å². The van der Waals surface area contributed by atoms with Crippen molar-refractivity contribution in [2.75, 3.05) is 41.5 Å². The summed E-state index contributed by atoms with van der Waals surface area (Å²) in [5, 5.41) is 0. The van der Waals surface area contributed by atoms with Crippen LogP contribution in [0.15, 0.2) is 0 Å². The molecule has 0 spiro atoms. The van der Waals surface area contributed by atoms with Gasteiger partial charge in [-0.05, 0) is 33.0 Å². The largest absolute Gasteiger partial charge is 0.500 e. The van der Waals surface area contributed by atoms with Gasteiger partial charge in [0.1, 0.15) is 0 Å². The predicted octanol–water partition coefficient (Wildman–Crippen LogP) is 5.14. The lowest BCUT2D eigenvalue weighted by atomic mass is 10.1. The molecule has 0 aromatic heterocycles. The van der Waals surface area contributed by atoms with E-state index in [1.165, 1.54) is 64.3 Å². The van der Waals surface area contributed by atoms with Crippen LogP contribution >= 0.6 is 12.4 Å². The summed E-state index contributed by atoms with van der Waals surface area (Å²) < 4.78 is 16.4. The predicted molar refractivity (Wildman–Crippen MR) is 108 cm³/mol. The quantitative estimate of drug-likeness (QED) is 0.257. The van der Waals surface area contributed by atoms with Crippen molar-refractivity contribution in [1.82, 2.24) is 4.90 Å². The molecular formula is C18H42ClNO3Si. The Hall–Kier alpha value is 0.347. The highest BCUT2D eigenvalue weighted by Gasteiger charge is 2.36. The zero-order valence-electron chi connectivity index (χ0n) is 16.8. The number of halogens is 1. The van der Waals surface area contributed by atoms with Gasteiger partial charge in [-0.15, -0.1) is 12.4 Å². The molecule has 24 heavy (non-hydrogen) atoms. The summed E-state index contributed by atoms with van der Waals surface area (Å²) in [5.74, 6) is 0. The summed E-state index contributed by atoms with van der Waals surface area (Å²) in [4.78, 5) is 2.42. The minimum absolute atomic E-state index is 0. The van der Waals surface area contributed by atoms with E-state index < -0.39 is 8.80 Å². The van der Waals surface area contributed by atoms with Gasteiger partial charge in [0, 0.05) is 27.4 Å². The molecule has 0 bridgehead atoms. The first-order chi connectivity index (χ1) is 11.1. The first-order valence-corrected chi connectivity index (χ1v) is 11.4. The van der Waals surface area contributed by atoms with Gasteiger partial charge in [0.2, 0.25) is 0 Å². The molecule has 0 unspecified atom stereocenters. The van der Waals surface area contributed by atoms with Crippen LogP contribution in [0, 0.1) is 0 Å². The molecule has 0 atom stereocenters. The molecule has 0 aliphatic rings. The van der Waals surface area contributed by atoms with Crippen molar-refractivity contribution in [3.63, 3.8) is 0 Å². The molecule has 0 aliphatic carbocycles. The van der Waals surface area contributed by atoms with Gasteiger partial charge >= 0.3 is 8.80 Å². The minimum Gasteiger partial charge on any atom is -0.377 e. The summed E-state index contributed by atoms with van der Waals surface area (Å²) in [6, 6.07) is 0.888. The van der Waals surface area contributed by atoms with Crippen LogP contribution in [0.25, 0.3) is 0 Å². The third kappa shape index (κ3) is 13.6. The molecule has 0 aliphatic heterocycles. The monoisotopic (exact) mass is 383 g/mol. The van der Waals surface area contributed by atoms with Crippen molar-refractivity contribution < 1.29 is 13.3 Å². The second-order valence-electron chi connectivity index (χ2n) is 6.53. The van der Waals surface area contributed by atoms with Gasteiger partial charge in [-0.3, -0.25) is 0 Å². The fourth-order valence-corrected chi connectivity index (χ4v) is 4.63. The Bertz CT molecular complexity index is 248. The van der Waals surface area contributed by atoms with Crippen LogP contribution in [0.5, 0.6) is 0 Å². The summed E-state index contributed by atoms with van der Waals surface area (Å²) in [7, 11) is 4.89. The second-order valence-corrected chi connectivity index (χ2v) is 9.62. The van der Waals surface area contributed by atoms with E-state index in [4.69, 9.17) is 13.3 Å². The van der Waals surface area contributed by atoms with Crippen molar-refractivity contribution in [2.45, 2.75) is 77.2 Å². The molecule has 4 nitrogen and oxygen atoms in total. The molecule has 0 saturated carbocycles. The Labute approximate surface area is 158 Å². The molecule has 0 aromatic rings. The molecule has 0 N–H and O–H groups in total. The zero-order valence-corrected chi connectivity index (χ0v) is 18.6. The highest BCUT2D eigenvalue weighted by molar-refractivity contribution is 6.60. The molecular weight excluding hydrogens is 342 g/mol. The van der Waals surface area contributed by atoms with Crippen LogP contribution in [0.2, 0.25) is 6.04 Å². The van der Waals surface area contributed by atoms with E-state index in [0.717, 1.165) is 19.0 Å². The highest BCUT2D eigenvalue weighted by atomic mass is 35.5. The van der Waals surface area contributed by atoms with E-state index in [1.54, 1.807) is 21.3 Å². The fourth-order valence-electron chi connectivity index (χ4n) is 2.93. The summed E-state index contributed by atoms with van der Waals surface area (Å²) in [6.07, 6.45) is 13.6. The molecule has 0 rings (SSSR count). The van der Waals surface area contributed by atoms with E-state index in [1.807, 2.05) is 0 Å². The van der Waals surface area contributed by atoms with Gasteiger partial charge in [-0.25, -0.2) is 0 Å². The summed E-state index contributed by atoms with van der Waals surface area (Å²) >= 11 is 0. The van der Waals surface area contributed by atoms with Gasteiger partial charge in [-0.1, -0.05) is 58.3 Å². The van der Waals surface area contributed by atoms with E-state index >= 15 is 0 Å². The number of unbranched alkanes of at least 4 members (excludes halogenated alkanes) is 8. The van der Waals surface area contributed by atoms with Gasteiger partial charge in [0.25, 0.3) is 0 Å². The van der Waals surface area contributed by atoms with E-state index in [2.05, 4.69) is 18.9 Å². The Balaban J connectivity index is 0. The van der Waals surface area contributed by atoms with E-state index in [-0.39, 0.29) is 12.4 Å². The Morgan fingerprint density at radius 3 is 1.54 bits per heavy atom. The Kier molecular flexibility index (Phi) is 20.1. The third-order valence-electron chi connectivity index (χ3n) is 4.60. The lowest BCUT2D eigenvalue weighted by Gasteiger charge is -2.25. The average molecular weight is 384 g/mol. The van der Waals surface area contributed by atoms with Gasteiger partial charge in [0.15, 0.2) is 0 Å². The lowest BCUT2D eigenvalue weighted by molar-refractivity contribution is 0.122. The van der Waals surface area contributed by atoms with Crippen LogP contribution in [0.1, 0.15) is 71.1 Å². The zero-order chi connectivity index (χ0) is 17.4. The topological polar surface area (TPSA) is 30.9 Å². The second kappa shape index (κ2) is 18.1. The van der Waals surface area contributed by atoms with Crippen molar-refractivity contribution in [3.8, 4) is 0 Å².